The number of ether oxygens (including phenoxy) is 1. The smallest absolute Gasteiger partial charge is 0.494 e. The standard InChI is InChI=1S/C19H30B2O5/c1-16(2)17(3,4)24-20(23-16)13-10-14(12-15(11-13)22-9)21-25-18(5,6)19(7,8)26-21/h10-12H,1-9H3. The lowest BCUT2D eigenvalue weighted by Crippen LogP contribution is -2.41. The third-order valence-electron chi connectivity index (χ3n) is 6.24. The maximum atomic E-state index is 6.19. The van der Waals surface area contributed by atoms with Gasteiger partial charge in [-0.2, -0.15) is 0 Å². The van der Waals surface area contributed by atoms with Crippen molar-refractivity contribution in [2.45, 2.75) is 77.8 Å². The van der Waals surface area contributed by atoms with Gasteiger partial charge in [0.25, 0.3) is 0 Å². The van der Waals surface area contributed by atoms with Crippen LogP contribution in [0.3, 0.4) is 0 Å². The third-order valence-corrected chi connectivity index (χ3v) is 6.24. The Hall–Kier alpha value is -1.01. The fraction of sp³-hybridized carbons (Fsp3) is 0.684. The Morgan fingerprint density at radius 3 is 1.19 bits per heavy atom. The molecule has 0 aromatic heterocycles. The molecule has 26 heavy (non-hydrogen) atoms. The van der Waals surface area contributed by atoms with Gasteiger partial charge in [0.05, 0.1) is 29.5 Å². The van der Waals surface area contributed by atoms with Gasteiger partial charge >= 0.3 is 14.2 Å². The van der Waals surface area contributed by atoms with Crippen LogP contribution in [0.25, 0.3) is 0 Å². The fourth-order valence-electron chi connectivity index (χ4n) is 2.99. The molecule has 2 aliphatic heterocycles. The second-order valence-electron chi connectivity index (χ2n) is 9.22. The highest BCUT2D eigenvalue weighted by molar-refractivity contribution is 6.66. The first-order valence-electron chi connectivity index (χ1n) is 9.18. The summed E-state index contributed by atoms with van der Waals surface area (Å²) in [6, 6.07) is 5.90. The lowest BCUT2D eigenvalue weighted by atomic mass is 9.71. The highest BCUT2D eigenvalue weighted by Gasteiger charge is 2.54. The number of methoxy groups -OCH3 is 1. The van der Waals surface area contributed by atoms with Crippen LogP contribution in [0.1, 0.15) is 55.4 Å². The number of benzene rings is 1. The third kappa shape index (κ3) is 3.19. The minimum Gasteiger partial charge on any atom is -0.497 e. The van der Waals surface area contributed by atoms with E-state index in [0.717, 1.165) is 16.7 Å². The number of rotatable bonds is 3. The predicted octanol–water partition coefficient (Wildman–Crippen LogP) is 2.29. The van der Waals surface area contributed by atoms with Crippen LogP contribution < -0.4 is 15.7 Å². The Morgan fingerprint density at radius 1 is 0.615 bits per heavy atom. The average Bonchev–Trinajstić information content (AvgIpc) is 2.86. The molecule has 0 N–H and O–H groups in total. The van der Waals surface area contributed by atoms with Crippen molar-refractivity contribution in [1.29, 1.82) is 0 Å². The van der Waals surface area contributed by atoms with Gasteiger partial charge in [0.15, 0.2) is 0 Å². The van der Waals surface area contributed by atoms with Crippen LogP contribution in [-0.4, -0.2) is 43.8 Å². The molecular formula is C19H30B2O5. The van der Waals surface area contributed by atoms with Crippen molar-refractivity contribution < 1.29 is 23.4 Å². The topological polar surface area (TPSA) is 46.2 Å². The van der Waals surface area contributed by atoms with Crippen LogP contribution >= 0.6 is 0 Å². The van der Waals surface area contributed by atoms with E-state index in [2.05, 4.69) is 0 Å². The minimum absolute atomic E-state index is 0.398. The Bertz CT molecular complexity index is 613. The molecule has 1 aromatic rings. The molecule has 2 aliphatic rings. The molecule has 1 aromatic carbocycles. The molecule has 0 unspecified atom stereocenters. The zero-order valence-electron chi connectivity index (χ0n) is 17.4. The summed E-state index contributed by atoms with van der Waals surface area (Å²) in [6.45, 7) is 16.4. The van der Waals surface area contributed by atoms with E-state index in [-0.39, 0.29) is 0 Å². The van der Waals surface area contributed by atoms with Gasteiger partial charge in [-0.05, 0) is 78.4 Å². The molecule has 2 fully saturated rings. The first-order chi connectivity index (χ1) is 11.8. The van der Waals surface area contributed by atoms with Crippen LogP contribution in [0.5, 0.6) is 5.75 Å². The first kappa shape index (κ1) is 19.7. The molecule has 0 radical (unpaired) electrons. The molecule has 0 bridgehead atoms. The molecule has 2 saturated heterocycles. The summed E-state index contributed by atoms with van der Waals surface area (Å²) in [7, 11) is 0.727. The van der Waals surface area contributed by atoms with Crippen LogP contribution in [-0.2, 0) is 18.6 Å². The van der Waals surface area contributed by atoms with E-state index in [1.54, 1.807) is 7.11 Å². The lowest BCUT2D eigenvalue weighted by molar-refractivity contribution is 0.00578. The van der Waals surface area contributed by atoms with Crippen molar-refractivity contribution in [3.8, 4) is 5.75 Å². The normalized spacial score (nSPS) is 25.6. The van der Waals surface area contributed by atoms with E-state index >= 15 is 0 Å². The highest BCUT2D eigenvalue weighted by atomic mass is 16.7. The Labute approximate surface area is 158 Å². The molecule has 5 nitrogen and oxygen atoms in total. The van der Waals surface area contributed by atoms with E-state index in [4.69, 9.17) is 23.4 Å². The predicted molar refractivity (Wildman–Crippen MR) is 104 cm³/mol. The van der Waals surface area contributed by atoms with E-state index in [9.17, 15) is 0 Å². The Kier molecular flexibility index (Phi) is 4.55. The molecule has 0 amide bonds. The zero-order valence-corrected chi connectivity index (χ0v) is 17.4. The van der Waals surface area contributed by atoms with Gasteiger partial charge in [-0.1, -0.05) is 6.07 Å². The van der Waals surface area contributed by atoms with Crippen molar-refractivity contribution in [1.82, 2.24) is 0 Å². The fourth-order valence-corrected chi connectivity index (χ4v) is 2.99. The summed E-state index contributed by atoms with van der Waals surface area (Å²) in [5.74, 6) is 0.724. The summed E-state index contributed by atoms with van der Waals surface area (Å²) in [6.07, 6.45) is 0. The van der Waals surface area contributed by atoms with Crippen molar-refractivity contribution >= 4 is 25.2 Å². The van der Waals surface area contributed by atoms with Crippen LogP contribution in [0.4, 0.5) is 0 Å². The van der Waals surface area contributed by atoms with Gasteiger partial charge in [-0.15, -0.1) is 0 Å². The monoisotopic (exact) mass is 360 g/mol. The molecular weight excluding hydrogens is 330 g/mol. The van der Waals surface area contributed by atoms with Crippen LogP contribution in [0.15, 0.2) is 18.2 Å². The van der Waals surface area contributed by atoms with Gasteiger partial charge < -0.3 is 23.4 Å². The largest absolute Gasteiger partial charge is 0.497 e. The lowest BCUT2D eigenvalue weighted by Gasteiger charge is -2.32. The molecule has 3 rings (SSSR count). The van der Waals surface area contributed by atoms with Crippen molar-refractivity contribution in [3.63, 3.8) is 0 Å². The summed E-state index contributed by atoms with van der Waals surface area (Å²) >= 11 is 0. The number of hydrogen-bond donors (Lipinski definition) is 0. The second kappa shape index (κ2) is 5.99. The molecule has 7 heteroatoms. The first-order valence-corrected chi connectivity index (χ1v) is 9.18. The molecule has 0 atom stereocenters. The Morgan fingerprint density at radius 2 is 0.923 bits per heavy atom. The summed E-state index contributed by atoms with van der Waals surface area (Å²) in [4.78, 5) is 0. The highest BCUT2D eigenvalue weighted by Crippen LogP contribution is 2.38. The van der Waals surface area contributed by atoms with Crippen molar-refractivity contribution in [2.75, 3.05) is 7.11 Å². The number of hydrogen-bond acceptors (Lipinski definition) is 5. The van der Waals surface area contributed by atoms with E-state index in [1.807, 2.05) is 73.6 Å². The van der Waals surface area contributed by atoms with Crippen LogP contribution in [0.2, 0.25) is 0 Å². The van der Waals surface area contributed by atoms with Crippen molar-refractivity contribution in [3.05, 3.63) is 18.2 Å². The van der Waals surface area contributed by atoms with Crippen molar-refractivity contribution in [2.24, 2.45) is 0 Å². The van der Waals surface area contributed by atoms with E-state index in [0.29, 0.717) is 0 Å². The van der Waals surface area contributed by atoms with Gasteiger partial charge in [0.1, 0.15) is 5.75 Å². The molecule has 0 aliphatic carbocycles. The summed E-state index contributed by atoms with van der Waals surface area (Å²) < 4.78 is 30.3. The van der Waals surface area contributed by atoms with Gasteiger partial charge in [-0.3, -0.25) is 0 Å². The minimum atomic E-state index is -0.462. The molecule has 0 spiro atoms. The van der Waals surface area contributed by atoms with Gasteiger partial charge in [0.2, 0.25) is 0 Å². The Balaban J connectivity index is 1.94. The second-order valence-corrected chi connectivity index (χ2v) is 9.22. The van der Waals surface area contributed by atoms with E-state index < -0.39 is 36.6 Å². The van der Waals surface area contributed by atoms with E-state index in [1.165, 1.54) is 0 Å². The zero-order chi connectivity index (χ0) is 19.5. The SMILES string of the molecule is COc1cc(B2OC(C)(C)C(C)(C)O2)cc(B2OC(C)(C)C(C)(C)O2)c1. The summed E-state index contributed by atoms with van der Waals surface area (Å²) in [5, 5.41) is 0. The van der Waals surface area contributed by atoms with Gasteiger partial charge in [-0.25, -0.2) is 0 Å². The molecule has 0 saturated carbocycles. The maximum absolute atomic E-state index is 6.19. The molecule has 142 valence electrons. The summed E-state index contributed by atoms with van der Waals surface area (Å²) in [5.41, 5.74) is 0.202. The quantitative estimate of drug-likeness (QED) is 0.775. The maximum Gasteiger partial charge on any atom is 0.494 e. The van der Waals surface area contributed by atoms with Gasteiger partial charge in [0, 0.05) is 0 Å². The van der Waals surface area contributed by atoms with Crippen LogP contribution in [0, 0.1) is 0 Å². The average molecular weight is 360 g/mol. The molecule has 2 heterocycles.